The van der Waals surface area contributed by atoms with Gasteiger partial charge < -0.3 is 12.5 Å². The van der Waals surface area contributed by atoms with Crippen molar-refractivity contribution in [2.45, 2.75) is 0 Å². The average Bonchev–Trinajstić information content (AvgIpc) is 2.68. The SMILES string of the molecule is O=S(=O)(Oc1ccccc1)P(S(=O)(=O)Oc1ccccc1)S(=O)(=O)Oc1ccccc1.[NaH].[NaH].[NaH]. The first kappa shape index (κ1) is 34.3. The van der Waals surface area contributed by atoms with Crippen LogP contribution in [0.15, 0.2) is 91.0 Å². The molecule has 0 aliphatic rings. The van der Waals surface area contributed by atoms with E-state index in [-0.39, 0.29) is 106 Å². The molecule has 0 saturated carbocycles. The molecule has 34 heavy (non-hydrogen) atoms. The van der Waals surface area contributed by atoms with Crippen molar-refractivity contribution in [3.8, 4) is 17.2 Å². The standard InChI is InChI=1S/C18H15O9PS3.3Na.3H/c19-29(20,25-16-10-4-1-5-11-16)28(30(21,22)26-17-12-6-2-7-13-17)31(23,24)27-18-14-8-3-9-15-18;;;;;;/h1-15H;;;;;;. The second kappa shape index (κ2) is 14.9. The molecule has 0 heterocycles. The van der Waals surface area contributed by atoms with Gasteiger partial charge in [0.05, 0.1) is 0 Å². The Hall–Kier alpha value is 0.340. The number of benzene rings is 3. The summed E-state index contributed by atoms with van der Waals surface area (Å²) in [4.78, 5) is 0. The fourth-order valence-corrected chi connectivity index (χ4v) is 15.2. The fourth-order valence-electron chi connectivity index (χ4n) is 2.22. The van der Waals surface area contributed by atoms with E-state index < -0.39 is 34.7 Å². The van der Waals surface area contributed by atoms with E-state index in [1.165, 1.54) is 72.8 Å². The third kappa shape index (κ3) is 9.66. The van der Waals surface area contributed by atoms with Gasteiger partial charge in [-0.3, -0.25) is 0 Å². The molecule has 0 spiro atoms. The van der Waals surface area contributed by atoms with Crippen LogP contribution in [0.4, 0.5) is 0 Å². The van der Waals surface area contributed by atoms with Crippen LogP contribution < -0.4 is 12.5 Å². The van der Waals surface area contributed by atoms with Gasteiger partial charge in [0.1, 0.15) is 17.2 Å². The predicted molar refractivity (Wildman–Crippen MR) is 136 cm³/mol. The van der Waals surface area contributed by atoms with Gasteiger partial charge in [0.15, 0.2) is 0 Å². The second-order valence-electron chi connectivity index (χ2n) is 5.70. The molecular weight excluding hydrogens is 556 g/mol. The summed E-state index contributed by atoms with van der Waals surface area (Å²) in [5, 5.41) is 0. The first-order chi connectivity index (χ1) is 14.6. The molecule has 0 radical (unpaired) electrons. The minimum absolute atomic E-state index is 0. The zero-order valence-electron chi connectivity index (χ0n) is 15.5. The Morgan fingerprint density at radius 2 is 0.618 bits per heavy atom. The molecule has 0 amide bonds. The summed E-state index contributed by atoms with van der Waals surface area (Å²) >= 11 is 0. The van der Waals surface area contributed by atoms with E-state index in [2.05, 4.69) is 0 Å². The maximum atomic E-state index is 12.9. The van der Waals surface area contributed by atoms with Gasteiger partial charge in [-0.25, -0.2) is 0 Å². The zero-order valence-corrected chi connectivity index (χ0v) is 18.9. The van der Waals surface area contributed by atoms with Crippen LogP contribution >= 0.6 is 5.53 Å². The summed E-state index contributed by atoms with van der Waals surface area (Å²) in [6.07, 6.45) is 0. The summed E-state index contributed by atoms with van der Waals surface area (Å²) in [5.41, 5.74) is -4.11. The van der Waals surface area contributed by atoms with Gasteiger partial charge in [-0.15, -0.1) is 0 Å². The molecule has 0 N–H and O–H groups in total. The molecular formula is C18H18Na3O9PS3. The topological polar surface area (TPSA) is 130 Å². The van der Waals surface area contributed by atoms with Gasteiger partial charge in [-0.1, -0.05) is 54.6 Å². The van der Waals surface area contributed by atoms with Crippen LogP contribution in [-0.4, -0.2) is 114 Å². The van der Waals surface area contributed by atoms with Crippen molar-refractivity contribution in [1.29, 1.82) is 0 Å². The van der Waals surface area contributed by atoms with Crippen molar-refractivity contribution in [2.75, 3.05) is 0 Å². The Morgan fingerprint density at radius 3 is 0.824 bits per heavy atom. The van der Waals surface area contributed by atoms with Gasteiger partial charge in [-0.05, 0) is 36.4 Å². The Kier molecular flexibility index (Phi) is 15.1. The van der Waals surface area contributed by atoms with Crippen LogP contribution in [-0.2, 0) is 29.2 Å². The van der Waals surface area contributed by atoms with Crippen molar-refractivity contribution in [2.24, 2.45) is 0 Å². The number of hydrogen-bond donors (Lipinski definition) is 0. The number of hydrogen-bond acceptors (Lipinski definition) is 9. The van der Waals surface area contributed by atoms with E-state index in [0.717, 1.165) is 0 Å². The van der Waals surface area contributed by atoms with Crippen LogP contribution in [0, 0.1) is 0 Å². The first-order valence-corrected chi connectivity index (χ1v) is 15.8. The van der Waals surface area contributed by atoms with Crippen molar-refractivity contribution in [3.05, 3.63) is 91.0 Å². The molecule has 3 rings (SSSR count). The Labute approximate surface area is 265 Å². The average molecular weight is 574 g/mol. The molecule has 0 aliphatic carbocycles. The van der Waals surface area contributed by atoms with Gasteiger partial charge >= 0.3 is 123 Å². The second-order valence-corrected chi connectivity index (χ2v) is 18.6. The fraction of sp³-hybridized carbons (Fsp3) is 0. The summed E-state index contributed by atoms with van der Waals surface area (Å²) in [7, 11) is -15.9. The van der Waals surface area contributed by atoms with Crippen LogP contribution in [0.3, 0.4) is 0 Å². The van der Waals surface area contributed by atoms with Crippen LogP contribution in [0.1, 0.15) is 0 Å². The van der Waals surface area contributed by atoms with Gasteiger partial charge in [-0.2, -0.15) is 25.3 Å². The molecule has 0 atom stereocenters. The summed E-state index contributed by atoms with van der Waals surface area (Å²) in [6, 6.07) is 20.6. The van der Waals surface area contributed by atoms with Crippen molar-refractivity contribution in [1.82, 2.24) is 0 Å². The van der Waals surface area contributed by atoms with Crippen LogP contribution in [0.25, 0.3) is 0 Å². The molecule has 9 nitrogen and oxygen atoms in total. The van der Waals surface area contributed by atoms with Crippen LogP contribution in [0.2, 0.25) is 0 Å². The van der Waals surface area contributed by atoms with Crippen LogP contribution in [0.5, 0.6) is 17.2 Å². The monoisotopic (exact) mass is 574 g/mol. The molecule has 0 aliphatic heterocycles. The molecule has 0 aromatic heterocycles. The predicted octanol–water partition coefficient (Wildman–Crippen LogP) is 1.49. The van der Waals surface area contributed by atoms with E-state index in [1.54, 1.807) is 18.2 Å². The molecule has 3 aromatic carbocycles. The van der Waals surface area contributed by atoms with E-state index >= 15 is 0 Å². The molecule has 0 saturated heterocycles. The number of para-hydroxylation sites is 3. The molecule has 3 aromatic rings. The minimum atomic E-state index is -5.29. The van der Waals surface area contributed by atoms with Crippen molar-refractivity contribution < 1.29 is 37.8 Å². The first-order valence-electron chi connectivity index (χ1n) is 8.39. The van der Waals surface area contributed by atoms with E-state index in [9.17, 15) is 25.3 Å². The third-order valence-electron chi connectivity index (χ3n) is 3.38. The Morgan fingerprint density at radius 1 is 0.412 bits per heavy atom. The summed E-state index contributed by atoms with van der Waals surface area (Å²) in [5.74, 6) is -0.834. The van der Waals surface area contributed by atoms with Crippen molar-refractivity contribution >= 4 is 123 Å². The summed E-state index contributed by atoms with van der Waals surface area (Å²) < 4.78 is 91.6. The molecule has 0 bridgehead atoms. The summed E-state index contributed by atoms with van der Waals surface area (Å²) in [6.45, 7) is 0. The van der Waals surface area contributed by atoms with E-state index in [4.69, 9.17) is 12.5 Å². The maximum absolute atomic E-state index is 12.9. The third-order valence-corrected chi connectivity index (χ3v) is 19.5. The van der Waals surface area contributed by atoms with Crippen molar-refractivity contribution in [3.63, 3.8) is 0 Å². The quantitative estimate of drug-likeness (QED) is 0.276. The molecule has 0 fully saturated rings. The van der Waals surface area contributed by atoms with Gasteiger partial charge in [0.2, 0.25) is 0 Å². The van der Waals surface area contributed by atoms with E-state index in [1.807, 2.05) is 0 Å². The van der Waals surface area contributed by atoms with Gasteiger partial charge in [0.25, 0.3) is 0 Å². The Bertz CT molecular complexity index is 1170. The molecule has 170 valence electrons. The molecule has 0 unspecified atom stereocenters. The van der Waals surface area contributed by atoms with Gasteiger partial charge in [0, 0.05) is 0 Å². The van der Waals surface area contributed by atoms with E-state index in [0.29, 0.717) is 0 Å². The number of rotatable bonds is 9. The molecule has 16 heteroatoms. The normalized spacial score (nSPS) is 11.2. The zero-order chi connectivity index (χ0) is 22.5. The Balaban J connectivity index is 0.00000363.